The molecule has 5 rings (SSSR count). The predicted octanol–water partition coefficient (Wildman–Crippen LogP) is 5.75. The van der Waals surface area contributed by atoms with Crippen molar-refractivity contribution in [3.63, 3.8) is 0 Å². The monoisotopic (exact) mass is 580 g/mol. The van der Waals surface area contributed by atoms with Crippen molar-refractivity contribution in [2.75, 3.05) is 7.05 Å². The molecule has 0 saturated carbocycles. The average Bonchev–Trinajstić information content (AvgIpc) is 3.37. The van der Waals surface area contributed by atoms with E-state index in [1.54, 1.807) is 49.7 Å². The normalized spacial score (nSPS) is 12.9. The number of alkyl halides is 3. The number of nitrogens with zero attached hydrogens (tertiary/aromatic N) is 6. The Morgan fingerprint density at radius 3 is 2.22 bits per heavy atom. The van der Waals surface area contributed by atoms with Crippen LogP contribution in [0.1, 0.15) is 41.4 Å². The minimum absolute atomic E-state index is 0.0888. The lowest BCUT2D eigenvalue weighted by molar-refractivity contribution is -0.141. The number of aryl methyl sites for hydroxylation is 1. The molecule has 2 aromatic carbocycles. The van der Waals surface area contributed by atoms with Gasteiger partial charge in [-0.1, -0.05) is 54.1 Å². The third-order valence-electron chi connectivity index (χ3n) is 6.62. The smallest absolute Gasteiger partial charge is 0.385 e. The van der Waals surface area contributed by atoms with Crippen molar-refractivity contribution >= 4 is 23.5 Å². The Morgan fingerprint density at radius 2 is 1.63 bits per heavy atom. The summed E-state index contributed by atoms with van der Waals surface area (Å²) >= 11 is 6.15. The number of rotatable bonds is 6. The maximum absolute atomic E-state index is 14.4. The molecule has 0 amide bonds. The van der Waals surface area contributed by atoms with Crippen LogP contribution in [0.15, 0.2) is 70.5 Å². The lowest BCUT2D eigenvalue weighted by atomic mass is 9.96. The molecule has 0 aliphatic rings. The van der Waals surface area contributed by atoms with Crippen LogP contribution < -0.4 is 5.56 Å². The fourth-order valence-corrected chi connectivity index (χ4v) is 4.77. The second kappa shape index (κ2) is 10.9. The minimum Gasteiger partial charge on any atom is -0.385 e. The molecule has 0 fully saturated rings. The van der Waals surface area contributed by atoms with Crippen molar-refractivity contribution in [2.45, 2.75) is 32.7 Å². The fourth-order valence-electron chi connectivity index (χ4n) is 4.65. The number of aromatic nitrogens is 5. The summed E-state index contributed by atoms with van der Waals surface area (Å²) in [5.74, 6) is 0.0888. The van der Waals surface area contributed by atoms with Crippen LogP contribution in [0.4, 0.5) is 13.2 Å². The summed E-state index contributed by atoms with van der Waals surface area (Å²) in [6, 6.07) is 16.3. The molecule has 0 radical (unpaired) electrons. The molecule has 41 heavy (non-hydrogen) atoms. The first-order chi connectivity index (χ1) is 19.5. The number of benzene rings is 2. The average molecular weight is 581 g/mol. The Hall–Kier alpha value is -4.35. The number of aliphatic imine (C=N–C) groups is 1. The zero-order chi connectivity index (χ0) is 29.5. The van der Waals surface area contributed by atoms with Gasteiger partial charge in [-0.3, -0.25) is 9.79 Å². The first-order valence-electron chi connectivity index (χ1n) is 12.5. The third kappa shape index (κ3) is 5.38. The maximum atomic E-state index is 14.4. The van der Waals surface area contributed by atoms with Gasteiger partial charge in [-0.2, -0.15) is 13.2 Å². The number of aliphatic hydroxyl groups excluding tert-OH is 1. The molecule has 0 spiro atoms. The minimum atomic E-state index is -4.61. The van der Waals surface area contributed by atoms with Crippen molar-refractivity contribution < 1.29 is 18.3 Å². The van der Waals surface area contributed by atoms with Crippen molar-refractivity contribution in [1.29, 1.82) is 0 Å². The van der Waals surface area contributed by atoms with Gasteiger partial charge in [0.05, 0.1) is 12.1 Å². The second-order valence-electron chi connectivity index (χ2n) is 9.44. The molecule has 12 heteroatoms. The van der Waals surface area contributed by atoms with E-state index in [2.05, 4.69) is 20.2 Å². The highest BCUT2D eigenvalue weighted by Crippen LogP contribution is 2.35. The molecule has 3 heterocycles. The van der Waals surface area contributed by atoms with E-state index >= 15 is 0 Å². The van der Waals surface area contributed by atoms with Gasteiger partial charge in [-0.25, -0.2) is 14.2 Å². The number of halogens is 4. The van der Waals surface area contributed by atoms with Gasteiger partial charge >= 0.3 is 6.18 Å². The van der Waals surface area contributed by atoms with Crippen LogP contribution in [0, 0.1) is 6.92 Å². The molecule has 0 saturated heterocycles. The largest absolute Gasteiger partial charge is 0.433 e. The Balaban J connectivity index is 1.84. The highest BCUT2D eigenvalue weighted by atomic mass is 35.5. The topological polar surface area (TPSA) is 97.7 Å². The molecule has 0 bridgehead atoms. The molecular weight excluding hydrogens is 557 g/mol. The summed E-state index contributed by atoms with van der Waals surface area (Å²) in [7, 11) is 1.66. The van der Waals surface area contributed by atoms with E-state index in [1.807, 2.05) is 12.1 Å². The molecule has 210 valence electrons. The summed E-state index contributed by atoms with van der Waals surface area (Å²) in [6.45, 7) is 2.78. The van der Waals surface area contributed by atoms with E-state index in [4.69, 9.17) is 11.6 Å². The van der Waals surface area contributed by atoms with Crippen molar-refractivity contribution in [3.8, 4) is 22.3 Å². The van der Waals surface area contributed by atoms with Gasteiger partial charge in [0, 0.05) is 29.5 Å². The zero-order valence-corrected chi connectivity index (χ0v) is 22.9. The van der Waals surface area contributed by atoms with E-state index < -0.39 is 23.5 Å². The van der Waals surface area contributed by atoms with E-state index in [-0.39, 0.29) is 23.7 Å². The van der Waals surface area contributed by atoms with Crippen LogP contribution >= 0.6 is 11.6 Å². The van der Waals surface area contributed by atoms with Crippen LogP contribution in [0.25, 0.3) is 27.9 Å². The highest BCUT2D eigenvalue weighted by molar-refractivity contribution is 6.30. The molecule has 0 aliphatic carbocycles. The Kier molecular flexibility index (Phi) is 7.50. The van der Waals surface area contributed by atoms with Crippen LogP contribution in [-0.2, 0) is 12.7 Å². The van der Waals surface area contributed by atoms with Crippen LogP contribution in [0.3, 0.4) is 0 Å². The third-order valence-corrected chi connectivity index (χ3v) is 6.87. The van der Waals surface area contributed by atoms with E-state index in [9.17, 15) is 23.1 Å². The van der Waals surface area contributed by atoms with Gasteiger partial charge in [-0.05, 0) is 54.3 Å². The Labute approximate surface area is 237 Å². The second-order valence-corrected chi connectivity index (χ2v) is 9.87. The number of pyridine rings is 1. The van der Waals surface area contributed by atoms with E-state index in [1.165, 1.54) is 29.1 Å². The van der Waals surface area contributed by atoms with Gasteiger partial charge in [0.15, 0.2) is 11.5 Å². The summed E-state index contributed by atoms with van der Waals surface area (Å²) in [4.78, 5) is 22.2. The molecule has 3 aromatic heterocycles. The quantitative estimate of drug-likeness (QED) is 0.258. The maximum Gasteiger partial charge on any atom is 0.433 e. The molecule has 1 N–H and O–H groups in total. The van der Waals surface area contributed by atoms with Crippen LogP contribution in [0.2, 0.25) is 5.02 Å². The summed E-state index contributed by atoms with van der Waals surface area (Å²) in [5.41, 5.74) is 2.06. The fraction of sp³-hybridized carbons (Fsp3) is 0.207. The molecule has 8 nitrogen and oxygen atoms in total. The van der Waals surface area contributed by atoms with Crippen molar-refractivity contribution in [2.24, 2.45) is 4.99 Å². The molecule has 5 aromatic rings. The number of fused-ring (bicyclic) bond motifs is 1. The van der Waals surface area contributed by atoms with E-state index in [0.29, 0.717) is 32.8 Å². The van der Waals surface area contributed by atoms with E-state index in [0.717, 1.165) is 11.6 Å². The zero-order valence-electron chi connectivity index (χ0n) is 22.2. The summed E-state index contributed by atoms with van der Waals surface area (Å²) < 4.78 is 42.5. The first kappa shape index (κ1) is 28.2. The Bertz CT molecular complexity index is 1830. The number of hydrogen-bond acceptors (Lipinski definition) is 6. The predicted molar refractivity (Wildman–Crippen MR) is 150 cm³/mol. The van der Waals surface area contributed by atoms with Gasteiger partial charge in [0.2, 0.25) is 0 Å². The van der Waals surface area contributed by atoms with Crippen molar-refractivity contribution in [1.82, 2.24) is 24.4 Å². The molecule has 1 atom stereocenters. The SMILES string of the molecule is CN=Cc1ccc(-c2c(-c3ccc(Cl)cc3)c3nnc([C@@H](C)O)n3n(Cc3ccc(C(F)(F)F)nc3C)c2=O)cc1. The Morgan fingerprint density at radius 1 is 1.00 bits per heavy atom. The lowest BCUT2D eigenvalue weighted by Gasteiger charge is -2.19. The highest BCUT2D eigenvalue weighted by Gasteiger charge is 2.33. The first-order valence-corrected chi connectivity index (χ1v) is 12.9. The van der Waals surface area contributed by atoms with Crippen molar-refractivity contribution in [3.05, 3.63) is 104 Å². The summed E-state index contributed by atoms with van der Waals surface area (Å²) in [5, 5.41) is 19.6. The van der Waals surface area contributed by atoms with Crippen LogP contribution in [0.5, 0.6) is 0 Å². The van der Waals surface area contributed by atoms with Gasteiger partial charge < -0.3 is 5.11 Å². The van der Waals surface area contributed by atoms with Gasteiger partial charge in [-0.15, -0.1) is 10.2 Å². The molecule has 0 unspecified atom stereocenters. The van der Waals surface area contributed by atoms with Gasteiger partial charge in [0.25, 0.3) is 5.56 Å². The lowest BCUT2D eigenvalue weighted by Crippen LogP contribution is -2.31. The van der Waals surface area contributed by atoms with Crippen LogP contribution in [-0.4, -0.2) is 42.7 Å². The molecular formula is C29H24ClF3N6O2. The number of hydrogen-bond donors (Lipinski definition) is 1. The molecule has 0 aliphatic heterocycles. The number of aliphatic hydroxyl groups is 1. The standard InChI is InChI=1S/C29H24ClF3N6O2/c1-16-21(10-13-23(35-16)29(31,32)33)15-38-28(41)25(20-6-4-18(5-7-20)14-34-3)24(19-8-11-22(30)12-9-19)27-37-36-26(17(2)40)39(27)38/h4-14,17,40H,15H2,1-3H3/t17-/m1/s1. The summed E-state index contributed by atoms with van der Waals surface area (Å²) in [6.07, 6.45) is -4.04. The van der Waals surface area contributed by atoms with Gasteiger partial charge in [0.1, 0.15) is 11.8 Å².